The average molecular weight is 361 g/mol. The molecular formula is C17H19N3O4S. The molecule has 1 saturated heterocycles. The molecule has 0 amide bonds. The number of benzene rings is 1. The summed E-state index contributed by atoms with van der Waals surface area (Å²) in [4.78, 5) is 6.37. The number of nitrogens with one attached hydrogen (secondary N) is 1. The zero-order chi connectivity index (χ0) is 17.4. The summed E-state index contributed by atoms with van der Waals surface area (Å²) in [6.45, 7) is 1.94. The number of fused-ring (bicyclic) bond motifs is 2. The van der Waals surface area contributed by atoms with Gasteiger partial charge in [-0.15, -0.1) is 0 Å². The normalized spacial score (nSPS) is 24.7. The van der Waals surface area contributed by atoms with E-state index in [4.69, 9.17) is 9.47 Å². The van der Waals surface area contributed by atoms with Gasteiger partial charge in [0.1, 0.15) is 16.7 Å². The van der Waals surface area contributed by atoms with Gasteiger partial charge in [0.2, 0.25) is 15.9 Å². The lowest BCUT2D eigenvalue weighted by molar-refractivity contribution is 0.176. The first-order valence-electron chi connectivity index (χ1n) is 8.04. The van der Waals surface area contributed by atoms with Crippen LogP contribution in [0.15, 0.2) is 47.5 Å². The van der Waals surface area contributed by atoms with E-state index in [9.17, 15) is 8.42 Å². The number of pyridine rings is 1. The second-order valence-corrected chi connectivity index (χ2v) is 7.92. The highest BCUT2D eigenvalue weighted by Crippen LogP contribution is 2.29. The number of rotatable bonds is 3. The largest absolute Gasteiger partial charge is 0.497 e. The third-order valence-corrected chi connectivity index (χ3v) is 6.01. The van der Waals surface area contributed by atoms with Crippen molar-refractivity contribution in [3.63, 3.8) is 0 Å². The van der Waals surface area contributed by atoms with E-state index in [1.807, 2.05) is 24.3 Å². The molecule has 0 radical (unpaired) electrons. The number of sulfonamides is 1. The van der Waals surface area contributed by atoms with Crippen LogP contribution in [0, 0.1) is 0 Å². The number of hydrogen-bond donors (Lipinski definition) is 1. The molecule has 8 heteroatoms. The van der Waals surface area contributed by atoms with Crippen LogP contribution in [0.1, 0.15) is 5.56 Å². The number of methoxy groups -OCH3 is 1. The molecule has 2 aliphatic heterocycles. The molecule has 3 heterocycles. The van der Waals surface area contributed by atoms with E-state index in [1.165, 1.54) is 6.07 Å². The fourth-order valence-corrected chi connectivity index (χ4v) is 4.62. The van der Waals surface area contributed by atoms with Gasteiger partial charge in [-0.1, -0.05) is 12.1 Å². The summed E-state index contributed by atoms with van der Waals surface area (Å²) in [6.07, 6.45) is 1.28. The molecule has 25 heavy (non-hydrogen) atoms. The Hall–Kier alpha value is -2.16. The molecule has 0 saturated carbocycles. The Morgan fingerprint density at radius 2 is 2.08 bits per heavy atom. The predicted octanol–water partition coefficient (Wildman–Crippen LogP) is 1.01. The van der Waals surface area contributed by atoms with Crippen molar-refractivity contribution in [1.82, 2.24) is 14.6 Å². The van der Waals surface area contributed by atoms with E-state index in [2.05, 4.69) is 14.6 Å². The van der Waals surface area contributed by atoms with Crippen LogP contribution in [0.25, 0.3) is 0 Å². The first-order chi connectivity index (χ1) is 12.0. The SMILES string of the molecule is COc1ccc(CN2CC3NS(=O)(=O)c4cccnc4OC3C2)cc1. The van der Waals surface area contributed by atoms with Gasteiger partial charge in [0.15, 0.2) is 0 Å². The van der Waals surface area contributed by atoms with Crippen LogP contribution >= 0.6 is 0 Å². The molecule has 7 nitrogen and oxygen atoms in total. The molecule has 1 fully saturated rings. The van der Waals surface area contributed by atoms with Crippen LogP contribution in [0.5, 0.6) is 11.6 Å². The number of ether oxygens (including phenoxy) is 2. The highest BCUT2D eigenvalue weighted by molar-refractivity contribution is 7.89. The van der Waals surface area contributed by atoms with Crippen molar-refractivity contribution in [2.75, 3.05) is 20.2 Å². The monoisotopic (exact) mass is 361 g/mol. The third-order valence-electron chi connectivity index (χ3n) is 4.50. The molecule has 0 aliphatic carbocycles. The second kappa shape index (κ2) is 6.29. The van der Waals surface area contributed by atoms with E-state index in [0.29, 0.717) is 13.1 Å². The van der Waals surface area contributed by atoms with E-state index in [-0.39, 0.29) is 22.9 Å². The molecule has 0 bridgehead atoms. The smallest absolute Gasteiger partial charge is 0.246 e. The zero-order valence-electron chi connectivity index (χ0n) is 13.8. The Balaban J connectivity index is 1.52. The van der Waals surface area contributed by atoms with Gasteiger partial charge in [-0.3, -0.25) is 4.90 Å². The topological polar surface area (TPSA) is 80.8 Å². The highest BCUT2D eigenvalue weighted by atomic mass is 32.2. The van der Waals surface area contributed by atoms with Crippen LogP contribution in [0.4, 0.5) is 0 Å². The molecule has 1 aromatic heterocycles. The molecule has 2 atom stereocenters. The molecule has 132 valence electrons. The molecule has 4 rings (SSSR count). The quantitative estimate of drug-likeness (QED) is 0.879. The highest BCUT2D eigenvalue weighted by Gasteiger charge is 2.41. The number of likely N-dealkylation sites (tertiary alicyclic amines) is 1. The van der Waals surface area contributed by atoms with Crippen molar-refractivity contribution in [1.29, 1.82) is 0 Å². The van der Waals surface area contributed by atoms with Crippen molar-refractivity contribution < 1.29 is 17.9 Å². The van der Waals surface area contributed by atoms with E-state index >= 15 is 0 Å². The minimum atomic E-state index is -3.62. The minimum Gasteiger partial charge on any atom is -0.497 e. The van der Waals surface area contributed by atoms with E-state index < -0.39 is 10.0 Å². The Labute approximate surface area is 146 Å². The maximum Gasteiger partial charge on any atom is 0.246 e. The summed E-state index contributed by atoms with van der Waals surface area (Å²) in [5.41, 5.74) is 1.14. The van der Waals surface area contributed by atoms with Gasteiger partial charge in [0.25, 0.3) is 0 Å². The van der Waals surface area contributed by atoms with E-state index in [0.717, 1.165) is 17.9 Å². The molecule has 1 N–H and O–H groups in total. The van der Waals surface area contributed by atoms with Crippen molar-refractivity contribution >= 4 is 10.0 Å². The second-order valence-electron chi connectivity index (χ2n) is 6.23. The Kier molecular flexibility index (Phi) is 4.10. The van der Waals surface area contributed by atoms with Crippen LogP contribution in [-0.4, -0.2) is 50.6 Å². The van der Waals surface area contributed by atoms with Gasteiger partial charge in [0, 0.05) is 25.8 Å². The first kappa shape index (κ1) is 16.3. The van der Waals surface area contributed by atoms with Crippen LogP contribution in [-0.2, 0) is 16.6 Å². The summed E-state index contributed by atoms with van der Waals surface area (Å²) >= 11 is 0. The van der Waals surface area contributed by atoms with E-state index in [1.54, 1.807) is 19.4 Å². The maximum atomic E-state index is 12.5. The lowest BCUT2D eigenvalue weighted by Crippen LogP contribution is -2.42. The van der Waals surface area contributed by atoms with Gasteiger partial charge in [-0.25, -0.2) is 18.1 Å². The fraction of sp³-hybridized carbons (Fsp3) is 0.353. The van der Waals surface area contributed by atoms with Crippen LogP contribution in [0.2, 0.25) is 0 Å². The number of hydrogen-bond acceptors (Lipinski definition) is 6. The predicted molar refractivity (Wildman–Crippen MR) is 91.0 cm³/mol. The van der Waals surface area contributed by atoms with Crippen LogP contribution < -0.4 is 14.2 Å². The summed E-state index contributed by atoms with van der Waals surface area (Å²) in [7, 11) is -1.98. The standard InChI is InChI=1S/C17H19N3O4S/c1-23-13-6-4-12(5-7-13)9-20-10-14-15(11-20)24-17-16(3-2-8-18-17)25(21,22)19-14/h2-8,14-15,19H,9-11H2,1H3. The number of nitrogens with zero attached hydrogens (tertiary/aromatic N) is 2. The Morgan fingerprint density at radius 3 is 2.84 bits per heavy atom. The first-order valence-corrected chi connectivity index (χ1v) is 9.53. The summed E-state index contributed by atoms with van der Waals surface area (Å²) in [6, 6.07) is 10.7. The van der Waals surface area contributed by atoms with Crippen molar-refractivity contribution in [2.24, 2.45) is 0 Å². The number of aromatic nitrogens is 1. The average Bonchev–Trinajstić information content (AvgIpc) is 2.91. The minimum absolute atomic E-state index is 0.103. The molecule has 2 unspecified atom stereocenters. The van der Waals surface area contributed by atoms with Gasteiger partial charge < -0.3 is 9.47 Å². The molecule has 2 aliphatic rings. The lowest BCUT2D eigenvalue weighted by atomic mass is 10.2. The van der Waals surface area contributed by atoms with Gasteiger partial charge in [0.05, 0.1) is 13.2 Å². The van der Waals surface area contributed by atoms with Crippen molar-refractivity contribution in [2.45, 2.75) is 23.6 Å². The molecular weight excluding hydrogens is 342 g/mol. The Morgan fingerprint density at radius 1 is 1.28 bits per heavy atom. The summed E-state index contributed by atoms with van der Waals surface area (Å²) in [5.74, 6) is 0.989. The lowest BCUT2D eigenvalue weighted by Gasteiger charge is -2.17. The fourth-order valence-electron chi connectivity index (χ4n) is 3.28. The summed E-state index contributed by atoms with van der Waals surface area (Å²) in [5, 5.41) is 0. The van der Waals surface area contributed by atoms with Crippen molar-refractivity contribution in [3.8, 4) is 11.6 Å². The molecule has 0 spiro atoms. The summed E-state index contributed by atoms with van der Waals surface area (Å²) < 4.78 is 38.8. The zero-order valence-corrected chi connectivity index (χ0v) is 14.6. The van der Waals surface area contributed by atoms with Gasteiger partial charge in [-0.2, -0.15) is 0 Å². The van der Waals surface area contributed by atoms with Gasteiger partial charge >= 0.3 is 0 Å². The third kappa shape index (κ3) is 3.20. The Bertz CT molecular complexity index is 870. The maximum absolute atomic E-state index is 12.5. The van der Waals surface area contributed by atoms with Gasteiger partial charge in [-0.05, 0) is 29.8 Å². The van der Waals surface area contributed by atoms with Crippen molar-refractivity contribution in [3.05, 3.63) is 48.2 Å². The molecule has 2 aromatic rings. The molecule has 1 aromatic carbocycles. The van der Waals surface area contributed by atoms with Crippen LogP contribution in [0.3, 0.4) is 0 Å².